The van der Waals surface area contributed by atoms with E-state index in [1.165, 1.54) is 24.8 Å². The third-order valence-electron chi connectivity index (χ3n) is 4.75. The van der Waals surface area contributed by atoms with Crippen LogP contribution < -0.4 is 10.5 Å². The van der Waals surface area contributed by atoms with E-state index in [4.69, 9.17) is 10.5 Å². The number of hydrogen-bond acceptors (Lipinski definition) is 2. The number of hydrogen-bond donors (Lipinski definition) is 1. The molecule has 0 bridgehead atoms. The fraction of sp³-hybridized carbons (Fsp3) is 0.647. The van der Waals surface area contributed by atoms with Crippen LogP contribution in [0.1, 0.15) is 51.5 Å². The fourth-order valence-corrected chi connectivity index (χ4v) is 3.28. The molecule has 2 heteroatoms. The number of benzene rings is 1. The van der Waals surface area contributed by atoms with Crippen molar-refractivity contribution in [3.05, 3.63) is 29.8 Å². The van der Waals surface area contributed by atoms with Crippen LogP contribution in [0.3, 0.4) is 0 Å². The molecule has 0 aliphatic heterocycles. The van der Waals surface area contributed by atoms with Gasteiger partial charge in [0.15, 0.2) is 0 Å². The van der Waals surface area contributed by atoms with E-state index in [1.54, 1.807) is 7.11 Å². The van der Waals surface area contributed by atoms with Crippen LogP contribution in [-0.4, -0.2) is 7.11 Å². The molecule has 2 atom stereocenters. The first-order valence-electron chi connectivity index (χ1n) is 7.48. The molecule has 0 spiro atoms. The molecule has 106 valence electrons. The van der Waals surface area contributed by atoms with Crippen molar-refractivity contribution in [2.75, 3.05) is 7.11 Å². The molecule has 2 unspecified atom stereocenters. The van der Waals surface area contributed by atoms with Gasteiger partial charge in [-0.1, -0.05) is 38.8 Å². The maximum Gasteiger partial charge on any atom is 0.119 e. The van der Waals surface area contributed by atoms with Crippen molar-refractivity contribution in [3.8, 4) is 5.75 Å². The van der Waals surface area contributed by atoms with Crippen molar-refractivity contribution in [1.29, 1.82) is 0 Å². The zero-order valence-electron chi connectivity index (χ0n) is 12.5. The van der Waals surface area contributed by atoms with Crippen LogP contribution in [0.15, 0.2) is 24.3 Å². The summed E-state index contributed by atoms with van der Waals surface area (Å²) >= 11 is 0. The maximum absolute atomic E-state index is 6.71. The SMILES string of the molecule is COc1cccc(C2(N)CCCC(C(C)C)CC2)c1. The summed E-state index contributed by atoms with van der Waals surface area (Å²) < 4.78 is 5.33. The minimum absolute atomic E-state index is 0.168. The molecule has 0 saturated heterocycles. The Kier molecular flexibility index (Phi) is 4.51. The summed E-state index contributed by atoms with van der Waals surface area (Å²) in [5.41, 5.74) is 7.77. The molecule has 1 aliphatic rings. The predicted octanol–water partition coefficient (Wildman–Crippen LogP) is 4.09. The fourth-order valence-electron chi connectivity index (χ4n) is 3.28. The van der Waals surface area contributed by atoms with Crippen molar-refractivity contribution < 1.29 is 4.74 Å². The molecule has 0 radical (unpaired) electrons. The highest BCUT2D eigenvalue weighted by Gasteiger charge is 2.31. The molecule has 1 aromatic carbocycles. The van der Waals surface area contributed by atoms with Gasteiger partial charge in [0.2, 0.25) is 0 Å². The quantitative estimate of drug-likeness (QED) is 0.832. The molecule has 1 aromatic rings. The van der Waals surface area contributed by atoms with E-state index < -0.39 is 0 Å². The molecule has 1 aliphatic carbocycles. The third kappa shape index (κ3) is 3.30. The van der Waals surface area contributed by atoms with Gasteiger partial charge < -0.3 is 10.5 Å². The molecule has 1 saturated carbocycles. The summed E-state index contributed by atoms with van der Waals surface area (Å²) in [7, 11) is 1.71. The molecule has 0 heterocycles. The van der Waals surface area contributed by atoms with E-state index >= 15 is 0 Å². The van der Waals surface area contributed by atoms with Crippen molar-refractivity contribution in [2.24, 2.45) is 17.6 Å². The second-order valence-corrected chi connectivity index (χ2v) is 6.32. The summed E-state index contributed by atoms with van der Waals surface area (Å²) in [5.74, 6) is 2.51. The molecule has 0 aromatic heterocycles. The second kappa shape index (κ2) is 5.96. The normalized spacial score (nSPS) is 28.2. The number of ether oxygens (including phenoxy) is 1. The highest BCUT2D eigenvalue weighted by Crippen LogP contribution is 2.38. The Hall–Kier alpha value is -1.02. The molecular weight excluding hydrogens is 234 g/mol. The van der Waals surface area contributed by atoms with Gasteiger partial charge in [-0.2, -0.15) is 0 Å². The van der Waals surface area contributed by atoms with Gasteiger partial charge in [-0.3, -0.25) is 0 Å². The van der Waals surface area contributed by atoms with E-state index in [1.807, 2.05) is 12.1 Å². The smallest absolute Gasteiger partial charge is 0.119 e. The predicted molar refractivity (Wildman–Crippen MR) is 80.3 cm³/mol. The van der Waals surface area contributed by atoms with Crippen LogP contribution in [0.25, 0.3) is 0 Å². The Morgan fingerprint density at radius 1 is 1.26 bits per heavy atom. The van der Waals surface area contributed by atoms with Crippen LogP contribution >= 0.6 is 0 Å². The Labute approximate surface area is 117 Å². The van der Waals surface area contributed by atoms with Crippen molar-refractivity contribution in [3.63, 3.8) is 0 Å². The zero-order valence-corrected chi connectivity index (χ0v) is 12.5. The van der Waals surface area contributed by atoms with Crippen LogP contribution in [-0.2, 0) is 5.54 Å². The van der Waals surface area contributed by atoms with Gasteiger partial charge in [-0.25, -0.2) is 0 Å². The minimum Gasteiger partial charge on any atom is -0.497 e. The summed E-state index contributed by atoms with van der Waals surface area (Å²) in [6.45, 7) is 4.67. The first kappa shape index (κ1) is 14.4. The first-order chi connectivity index (χ1) is 9.05. The van der Waals surface area contributed by atoms with Crippen molar-refractivity contribution in [2.45, 2.75) is 51.5 Å². The standard InChI is InChI=1S/C17H27NO/c1-13(2)14-6-5-10-17(18,11-9-14)15-7-4-8-16(12-15)19-3/h4,7-8,12-14H,5-6,9-11,18H2,1-3H3. The number of nitrogens with two attached hydrogens (primary N) is 1. The van der Waals surface area contributed by atoms with Crippen molar-refractivity contribution in [1.82, 2.24) is 0 Å². The minimum atomic E-state index is -0.168. The molecule has 2 N–H and O–H groups in total. The lowest BCUT2D eigenvalue weighted by molar-refractivity contribution is 0.324. The topological polar surface area (TPSA) is 35.2 Å². The molecule has 2 rings (SSSR count). The zero-order chi connectivity index (χ0) is 13.9. The Morgan fingerprint density at radius 3 is 2.74 bits per heavy atom. The van der Waals surface area contributed by atoms with Crippen LogP contribution in [0, 0.1) is 11.8 Å². The molecular formula is C17H27NO. The van der Waals surface area contributed by atoms with E-state index in [2.05, 4.69) is 26.0 Å². The molecule has 2 nitrogen and oxygen atoms in total. The van der Waals surface area contributed by atoms with E-state index in [-0.39, 0.29) is 5.54 Å². The summed E-state index contributed by atoms with van der Waals surface area (Å²) in [6, 6.07) is 8.29. The van der Waals surface area contributed by atoms with Crippen LogP contribution in [0.5, 0.6) is 5.75 Å². The Morgan fingerprint density at radius 2 is 2.05 bits per heavy atom. The van der Waals surface area contributed by atoms with Gasteiger partial charge in [0.1, 0.15) is 5.75 Å². The monoisotopic (exact) mass is 261 g/mol. The largest absolute Gasteiger partial charge is 0.497 e. The van der Waals surface area contributed by atoms with Gasteiger partial charge in [0, 0.05) is 5.54 Å². The number of methoxy groups -OCH3 is 1. The summed E-state index contributed by atoms with van der Waals surface area (Å²) in [5, 5.41) is 0. The lowest BCUT2D eigenvalue weighted by atomic mass is 9.82. The highest BCUT2D eigenvalue weighted by molar-refractivity contribution is 5.33. The average Bonchev–Trinajstić information content (AvgIpc) is 2.62. The van der Waals surface area contributed by atoms with Gasteiger partial charge >= 0.3 is 0 Å². The second-order valence-electron chi connectivity index (χ2n) is 6.32. The number of rotatable bonds is 3. The maximum atomic E-state index is 6.71. The van der Waals surface area contributed by atoms with Gasteiger partial charge in [0.05, 0.1) is 7.11 Å². The summed E-state index contributed by atoms with van der Waals surface area (Å²) in [4.78, 5) is 0. The highest BCUT2D eigenvalue weighted by atomic mass is 16.5. The van der Waals surface area contributed by atoms with E-state index in [0.29, 0.717) is 0 Å². The summed E-state index contributed by atoms with van der Waals surface area (Å²) in [6.07, 6.45) is 5.97. The van der Waals surface area contributed by atoms with Crippen LogP contribution in [0.4, 0.5) is 0 Å². The first-order valence-corrected chi connectivity index (χ1v) is 7.48. The van der Waals surface area contributed by atoms with Crippen molar-refractivity contribution >= 4 is 0 Å². The Balaban J connectivity index is 2.17. The average molecular weight is 261 g/mol. The lowest BCUT2D eigenvalue weighted by Crippen LogP contribution is -2.36. The van der Waals surface area contributed by atoms with Crippen LogP contribution in [0.2, 0.25) is 0 Å². The Bertz CT molecular complexity index is 415. The lowest BCUT2D eigenvalue weighted by Gasteiger charge is -2.29. The van der Waals surface area contributed by atoms with Gasteiger partial charge in [-0.15, -0.1) is 0 Å². The van der Waals surface area contributed by atoms with Gasteiger partial charge in [0.25, 0.3) is 0 Å². The molecule has 1 fully saturated rings. The van der Waals surface area contributed by atoms with Gasteiger partial charge in [-0.05, 0) is 48.8 Å². The molecule has 0 amide bonds. The molecule has 19 heavy (non-hydrogen) atoms. The van der Waals surface area contributed by atoms with E-state index in [9.17, 15) is 0 Å². The van der Waals surface area contributed by atoms with E-state index in [0.717, 1.165) is 30.4 Å². The third-order valence-corrected chi connectivity index (χ3v) is 4.75.